The molecule has 8 heteroatoms. The first-order chi connectivity index (χ1) is 11.9. The quantitative estimate of drug-likeness (QED) is 0.795. The molecule has 1 unspecified atom stereocenters. The van der Waals surface area contributed by atoms with Gasteiger partial charge in [0.1, 0.15) is 11.6 Å². The number of nitrogens with two attached hydrogens (primary N) is 1. The normalized spacial score (nSPS) is 18.1. The highest BCUT2D eigenvalue weighted by atomic mass is 35.5. The summed E-state index contributed by atoms with van der Waals surface area (Å²) in [7, 11) is 0. The summed E-state index contributed by atoms with van der Waals surface area (Å²) in [5.41, 5.74) is 6.73. The molecule has 27 heavy (non-hydrogen) atoms. The van der Waals surface area contributed by atoms with E-state index in [2.05, 4.69) is 24.1 Å². The van der Waals surface area contributed by atoms with Gasteiger partial charge in [0.05, 0.1) is 11.3 Å². The number of carbonyl (C=O) groups is 1. The maximum atomic E-state index is 13.9. The van der Waals surface area contributed by atoms with Gasteiger partial charge in [0.25, 0.3) is 5.91 Å². The highest BCUT2D eigenvalue weighted by molar-refractivity contribution is 5.99. The van der Waals surface area contributed by atoms with E-state index in [1.165, 1.54) is 6.07 Å². The van der Waals surface area contributed by atoms with E-state index in [1.54, 1.807) is 41.4 Å². The van der Waals surface area contributed by atoms with Crippen LogP contribution in [0.2, 0.25) is 0 Å². The highest BCUT2D eigenvalue weighted by Gasteiger charge is 2.36. The number of anilines is 2. The average Bonchev–Trinajstić information content (AvgIpc) is 2.59. The molecule has 1 amide bonds. The molecular weight excluding hydrogens is 390 g/mol. The summed E-state index contributed by atoms with van der Waals surface area (Å²) >= 11 is 0. The number of halogens is 3. The van der Waals surface area contributed by atoms with Gasteiger partial charge in [-0.2, -0.15) is 0 Å². The van der Waals surface area contributed by atoms with E-state index in [1.807, 2.05) is 0 Å². The zero-order chi connectivity index (χ0) is 18.0. The number of carbonyl (C=O) groups excluding carboxylic acids is 1. The van der Waals surface area contributed by atoms with Gasteiger partial charge in [-0.3, -0.25) is 4.79 Å². The highest BCUT2D eigenvalue weighted by Crippen LogP contribution is 2.30. The van der Waals surface area contributed by atoms with Crippen LogP contribution in [0.3, 0.4) is 0 Å². The molecule has 1 aliphatic heterocycles. The van der Waals surface area contributed by atoms with Crippen LogP contribution in [0.4, 0.5) is 15.9 Å². The van der Waals surface area contributed by atoms with Gasteiger partial charge in [0.15, 0.2) is 0 Å². The molecule has 1 aromatic heterocycles. The number of nitrogens with one attached hydrogen (secondary N) is 1. The van der Waals surface area contributed by atoms with E-state index in [-0.39, 0.29) is 47.9 Å². The van der Waals surface area contributed by atoms with E-state index in [4.69, 9.17) is 5.73 Å². The van der Waals surface area contributed by atoms with Crippen molar-refractivity contribution in [3.05, 3.63) is 54.0 Å². The second-order valence-electron chi connectivity index (χ2n) is 7.11. The van der Waals surface area contributed by atoms with Gasteiger partial charge in [-0.05, 0) is 36.1 Å². The summed E-state index contributed by atoms with van der Waals surface area (Å²) in [6.07, 6.45) is 2.34. The Labute approximate surface area is 171 Å². The number of aromatic nitrogens is 1. The summed E-state index contributed by atoms with van der Waals surface area (Å²) in [5, 5.41) is 2.93. The maximum Gasteiger partial charge on any atom is 0.257 e. The second kappa shape index (κ2) is 9.35. The van der Waals surface area contributed by atoms with E-state index in [0.29, 0.717) is 24.5 Å². The standard InChI is InChI=1S/C19H23FN4O.2ClH/c1-19(2)12-24(11-9-16(19)21)18(25)13-6-5-10-22-17(13)23-15-8-4-3-7-14(15)20;;/h3-8,10,16H,9,11-12,21H2,1-2H3,(H,22,23);2*1H. The SMILES string of the molecule is CC1(C)CN(C(=O)c2cccnc2Nc2ccccc2F)CCC1N.Cl.Cl. The number of nitrogens with zero attached hydrogens (tertiary/aromatic N) is 2. The van der Waals surface area contributed by atoms with Crippen molar-refractivity contribution >= 4 is 42.2 Å². The monoisotopic (exact) mass is 414 g/mol. The van der Waals surface area contributed by atoms with Crippen molar-refractivity contribution in [2.45, 2.75) is 26.3 Å². The zero-order valence-corrected chi connectivity index (χ0v) is 16.9. The number of hydrogen-bond acceptors (Lipinski definition) is 4. The molecule has 1 fully saturated rings. The first-order valence-corrected chi connectivity index (χ1v) is 8.40. The third kappa shape index (κ3) is 5.09. The fraction of sp³-hybridized carbons (Fsp3) is 0.368. The van der Waals surface area contributed by atoms with Crippen molar-refractivity contribution in [3.63, 3.8) is 0 Å². The Kier molecular flexibility index (Phi) is 8.02. The Morgan fingerprint density at radius 2 is 1.96 bits per heavy atom. The van der Waals surface area contributed by atoms with Crippen molar-refractivity contribution in [1.29, 1.82) is 0 Å². The van der Waals surface area contributed by atoms with Gasteiger partial charge in [0, 0.05) is 25.3 Å². The Bertz CT molecular complexity index is 788. The molecule has 3 rings (SSSR count). The van der Waals surface area contributed by atoms with Gasteiger partial charge in [-0.25, -0.2) is 9.37 Å². The molecule has 0 aliphatic carbocycles. The second-order valence-corrected chi connectivity index (χ2v) is 7.11. The maximum absolute atomic E-state index is 13.9. The molecule has 5 nitrogen and oxygen atoms in total. The zero-order valence-electron chi connectivity index (χ0n) is 15.3. The van der Waals surface area contributed by atoms with Crippen LogP contribution in [-0.4, -0.2) is 34.9 Å². The molecule has 0 saturated carbocycles. The minimum absolute atomic E-state index is 0. The molecule has 0 spiro atoms. The molecule has 148 valence electrons. The lowest BCUT2D eigenvalue weighted by molar-refractivity contribution is 0.0533. The summed E-state index contributed by atoms with van der Waals surface area (Å²) < 4.78 is 13.9. The number of pyridine rings is 1. The smallest absolute Gasteiger partial charge is 0.257 e. The van der Waals surface area contributed by atoms with Gasteiger partial charge < -0.3 is 16.0 Å². The minimum Gasteiger partial charge on any atom is -0.338 e. The molecule has 2 aromatic rings. The molecule has 0 bridgehead atoms. The number of hydrogen-bond donors (Lipinski definition) is 2. The third-order valence-electron chi connectivity index (χ3n) is 4.76. The first kappa shape index (κ1) is 23.1. The van der Waals surface area contributed by atoms with E-state index < -0.39 is 5.82 Å². The van der Waals surface area contributed by atoms with Crippen LogP contribution in [0.1, 0.15) is 30.6 Å². The summed E-state index contributed by atoms with van der Waals surface area (Å²) in [5.74, 6) is -0.158. The number of amides is 1. The van der Waals surface area contributed by atoms with Crippen LogP contribution < -0.4 is 11.1 Å². The summed E-state index contributed by atoms with van der Waals surface area (Å²) in [4.78, 5) is 19.0. The average molecular weight is 415 g/mol. The van der Waals surface area contributed by atoms with Gasteiger partial charge >= 0.3 is 0 Å². The molecular formula is C19H25Cl2FN4O. The van der Waals surface area contributed by atoms with Gasteiger partial charge in [-0.15, -0.1) is 24.8 Å². The molecule has 3 N–H and O–H groups in total. The Hall–Kier alpha value is -1.89. The van der Waals surface area contributed by atoms with Crippen LogP contribution in [0, 0.1) is 11.2 Å². The van der Waals surface area contributed by atoms with Crippen molar-refractivity contribution in [3.8, 4) is 0 Å². The summed E-state index contributed by atoms with van der Waals surface area (Å²) in [6, 6.07) is 9.80. The van der Waals surface area contributed by atoms with E-state index in [0.717, 1.165) is 6.42 Å². The molecule has 0 radical (unpaired) electrons. The Morgan fingerprint density at radius 3 is 2.63 bits per heavy atom. The van der Waals surface area contributed by atoms with Crippen molar-refractivity contribution in [2.24, 2.45) is 11.1 Å². The van der Waals surface area contributed by atoms with E-state index >= 15 is 0 Å². The van der Waals surface area contributed by atoms with Gasteiger partial charge in [-0.1, -0.05) is 26.0 Å². The van der Waals surface area contributed by atoms with Crippen LogP contribution in [0.15, 0.2) is 42.6 Å². The van der Waals surface area contributed by atoms with Crippen molar-refractivity contribution < 1.29 is 9.18 Å². The van der Waals surface area contributed by atoms with E-state index in [9.17, 15) is 9.18 Å². The summed E-state index contributed by atoms with van der Waals surface area (Å²) in [6.45, 7) is 5.33. The number of para-hydroxylation sites is 1. The largest absolute Gasteiger partial charge is 0.338 e. The molecule has 1 saturated heterocycles. The topological polar surface area (TPSA) is 71.2 Å². The number of rotatable bonds is 3. The predicted molar refractivity (Wildman–Crippen MR) is 111 cm³/mol. The number of likely N-dealkylation sites (tertiary alicyclic amines) is 1. The van der Waals surface area contributed by atoms with Crippen LogP contribution in [-0.2, 0) is 0 Å². The van der Waals surface area contributed by atoms with Crippen molar-refractivity contribution in [2.75, 3.05) is 18.4 Å². The number of benzene rings is 1. The molecule has 1 aliphatic rings. The Balaban J connectivity index is 0.00000182. The predicted octanol–water partition coefficient (Wildman–Crippen LogP) is 4.01. The number of piperidine rings is 1. The lowest BCUT2D eigenvalue weighted by Crippen LogP contribution is -2.54. The molecule has 2 heterocycles. The lowest BCUT2D eigenvalue weighted by atomic mass is 9.79. The Morgan fingerprint density at radius 1 is 1.26 bits per heavy atom. The molecule has 1 aromatic carbocycles. The van der Waals surface area contributed by atoms with Crippen LogP contribution >= 0.6 is 24.8 Å². The third-order valence-corrected chi connectivity index (χ3v) is 4.76. The fourth-order valence-corrected chi connectivity index (χ4v) is 3.09. The molecule has 1 atom stereocenters. The fourth-order valence-electron chi connectivity index (χ4n) is 3.09. The first-order valence-electron chi connectivity index (χ1n) is 8.40. The minimum atomic E-state index is -0.392. The van der Waals surface area contributed by atoms with Crippen molar-refractivity contribution in [1.82, 2.24) is 9.88 Å². The van der Waals surface area contributed by atoms with Crippen LogP contribution in [0.5, 0.6) is 0 Å². The van der Waals surface area contributed by atoms with Crippen LogP contribution in [0.25, 0.3) is 0 Å². The van der Waals surface area contributed by atoms with Gasteiger partial charge in [0.2, 0.25) is 0 Å². The lowest BCUT2D eigenvalue weighted by Gasteiger charge is -2.42.